The molecule has 1 N–H and O–H groups in total. The normalized spacial score (nSPS) is 17.1. The maximum atomic E-state index is 12.3. The molecule has 1 aromatic heterocycles. The number of amides is 1. The Morgan fingerprint density at radius 2 is 2.08 bits per heavy atom. The summed E-state index contributed by atoms with van der Waals surface area (Å²) in [6.45, 7) is 8.50. The predicted octanol–water partition coefficient (Wildman–Crippen LogP) is 2.66. The Kier molecular flexibility index (Phi) is 4.79. The molecule has 0 spiro atoms. The van der Waals surface area contributed by atoms with E-state index in [1.54, 1.807) is 13.0 Å². The highest BCUT2D eigenvalue weighted by atomic mass is 16.1. The van der Waals surface area contributed by atoms with E-state index in [4.69, 9.17) is 0 Å². The maximum Gasteiger partial charge on any atom is 0.270 e. The molecule has 1 amide bonds. The second-order valence-electron chi connectivity index (χ2n) is 6.59. The molecule has 5 nitrogen and oxygen atoms in total. The number of carbonyl (C=O) groups is 1. The van der Waals surface area contributed by atoms with Crippen molar-refractivity contribution >= 4 is 11.6 Å². The van der Waals surface area contributed by atoms with Gasteiger partial charge in [-0.3, -0.25) is 4.79 Å². The Hall–Kier alpha value is -2.43. The molecule has 1 saturated heterocycles. The van der Waals surface area contributed by atoms with Crippen LogP contribution in [0.15, 0.2) is 30.3 Å². The molecular weight excluding hydrogens is 300 g/mol. The lowest BCUT2D eigenvalue weighted by Gasteiger charge is -2.19. The number of anilines is 1. The number of carbonyl (C=O) groups excluding carboxylic acids is 1. The van der Waals surface area contributed by atoms with E-state index in [1.165, 1.54) is 11.3 Å². The zero-order valence-corrected chi connectivity index (χ0v) is 14.5. The summed E-state index contributed by atoms with van der Waals surface area (Å²) < 4.78 is 0. The lowest BCUT2D eigenvalue weighted by Crippen LogP contribution is -2.31. The van der Waals surface area contributed by atoms with Crippen LogP contribution in [0.1, 0.15) is 34.0 Å². The molecule has 0 unspecified atom stereocenters. The van der Waals surface area contributed by atoms with Crippen LogP contribution in [0.25, 0.3) is 0 Å². The van der Waals surface area contributed by atoms with Gasteiger partial charge in [0, 0.05) is 31.0 Å². The first-order valence-corrected chi connectivity index (χ1v) is 8.43. The van der Waals surface area contributed by atoms with E-state index in [0.717, 1.165) is 25.2 Å². The number of aromatic nitrogens is 2. The summed E-state index contributed by atoms with van der Waals surface area (Å²) in [5, 5.41) is 3.02. The van der Waals surface area contributed by atoms with Gasteiger partial charge in [0.25, 0.3) is 5.91 Å². The SMILES string of the molecule is Cc1cccc(N2CC[C@H](CNC(=O)c3cc(C)nc(C)n3)C2)c1. The molecule has 0 bridgehead atoms. The van der Waals surface area contributed by atoms with Crippen molar-refractivity contribution in [2.24, 2.45) is 5.92 Å². The zero-order valence-electron chi connectivity index (χ0n) is 14.5. The van der Waals surface area contributed by atoms with Crippen molar-refractivity contribution in [3.05, 3.63) is 53.1 Å². The summed E-state index contributed by atoms with van der Waals surface area (Å²) in [6.07, 6.45) is 1.09. The summed E-state index contributed by atoms with van der Waals surface area (Å²) in [5.74, 6) is 0.989. The molecule has 1 fully saturated rings. The van der Waals surface area contributed by atoms with Crippen LogP contribution in [-0.2, 0) is 0 Å². The van der Waals surface area contributed by atoms with Crippen molar-refractivity contribution in [2.75, 3.05) is 24.5 Å². The van der Waals surface area contributed by atoms with Gasteiger partial charge in [-0.25, -0.2) is 9.97 Å². The number of nitrogens with one attached hydrogen (secondary N) is 1. The van der Waals surface area contributed by atoms with E-state index in [0.29, 0.717) is 24.0 Å². The number of rotatable bonds is 4. The summed E-state index contributed by atoms with van der Waals surface area (Å²) in [7, 11) is 0. The fourth-order valence-electron chi connectivity index (χ4n) is 3.22. The van der Waals surface area contributed by atoms with E-state index in [2.05, 4.69) is 51.4 Å². The molecule has 3 rings (SSSR count). The van der Waals surface area contributed by atoms with Gasteiger partial charge in [0.05, 0.1) is 0 Å². The molecule has 1 aliphatic rings. The molecule has 0 radical (unpaired) electrons. The average molecular weight is 324 g/mol. The standard InChI is InChI=1S/C19H24N4O/c1-13-5-4-6-17(9-13)23-8-7-16(12-23)11-20-19(24)18-10-14(2)21-15(3)22-18/h4-6,9-10,16H,7-8,11-12H2,1-3H3,(H,20,24)/t16-/m1/s1. The molecule has 5 heteroatoms. The van der Waals surface area contributed by atoms with Gasteiger partial charge >= 0.3 is 0 Å². The fraction of sp³-hybridized carbons (Fsp3) is 0.421. The second kappa shape index (κ2) is 6.99. The minimum absolute atomic E-state index is 0.113. The average Bonchev–Trinajstić information content (AvgIpc) is 3.00. The third kappa shape index (κ3) is 3.91. The highest BCUT2D eigenvalue weighted by Gasteiger charge is 2.23. The van der Waals surface area contributed by atoms with Gasteiger partial charge in [0.2, 0.25) is 0 Å². The number of hydrogen-bond donors (Lipinski definition) is 1. The van der Waals surface area contributed by atoms with Crippen LogP contribution in [0.3, 0.4) is 0 Å². The van der Waals surface area contributed by atoms with Crippen molar-refractivity contribution in [1.29, 1.82) is 0 Å². The highest BCUT2D eigenvalue weighted by molar-refractivity contribution is 5.92. The number of benzene rings is 1. The highest BCUT2D eigenvalue weighted by Crippen LogP contribution is 2.24. The van der Waals surface area contributed by atoms with Crippen LogP contribution in [-0.4, -0.2) is 35.5 Å². The topological polar surface area (TPSA) is 58.1 Å². The van der Waals surface area contributed by atoms with Crippen molar-refractivity contribution < 1.29 is 4.79 Å². The third-order valence-corrected chi connectivity index (χ3v) is 4.40. The number of aryl methyl sites for hydroxylation is 3. The Morgan fingerprint density at radius 3 is 2.83 bits per heavy atom. The summed E-state index contributed by atoms with van der Waals surface area (Å²) >= 11 is 0. The molecule has 0 aliphatic carbocycles. The van der Waals surface area contributed by atoms with Crippen LogP contribution in [0.2, 0.25) is 0 Å². The van der Waals surface area contributed by atoms with E-state index < -0.39 is 0 Å². The Balaban J connectivity index is 1.55. The molecule has 2 heterocycles. The maximum absolute atomic E-state index is 12.3. The Bertz CT molecular complexity index is 724. The minimum atomic E-state index is -0.113. The largest absolute Gasteiger partial charge is 0.371 e. The van der Waals surface area contributed by atoms with Crippen LogP contribution < -0.4 is 10.2 Å². The van der Waals surface area contributed by atoms with Crippen molar-refractivity contribution in [1.82, 2.24) is 15.3 Å². The Labute approximate surface area is 143 Å². The van der Waals surface area contributed by atoms with E-state index in [9.17, 15) is 4.79 Å². The third-order valence-electron chi connectivity index (χ3n) is 4.40. The van der Waals surface area contributed by atoms with E-state index >= 15 is 0 Å². The van der Waals surface area contributed by atoms with Gasteiger partial charge in [-0.05, 0) is 56.9 Å². The van der Waals surface area contributed by atoms with E-state index in [-0.39, 0.29) is 5.91 Å². The van der Waals surface area contributed by atoms with Crippen LogP contribution in [0.5, 0.6) is 0 Å². The van der Waals surface area contributed by atoms with Crippen LogP contribution >= 0.6 is 0 Å². The van der Waals surface area contributed by atoms with Crippen LogP contribution in [0, 0.1) is 26.7 Å². The lowest BCUT2D eigenvalue weighted by atomic mass is 10.1. The fourth-order valence-corrected chi connectivity index (χ4v) is 3.22. The van der Waals surface area contributed by atoms with Crippen molar-refractivity contribution in [3.63, 3.8) is 0 Å². The van der Waals surface area contributed by atoms with Crippen molar-refractivity contribution in [3.8, 4) is 0 Å². The van der Waals surface area contributed by atoms with Crippen molar-refractivity contribution in [2.45, 2.75) is 27.2 Å². The summed E-state index contributed by atoms with van der Waals surface area (Å²) in [5.41, 5.74) is 3.82. The number of hydrogen-bond acceptors (Lipinski definition) is 4. The number of nitrogens with zero attached hydrogens (tertiary/aromatic N) is 3. The van der Waals surface area contributed by atoms with Gasteiger partial charge in [-0.1, -0.05) is 12.1 Å². The smallest absolute Gasteiger partial charge is 0.270 e. The minimum Gasteiger partial charge on any atom is -0.371 e. The van der Waals surface area contributed by atoms with Crippen LogP contribution in [0.4, 0.5) is 5.69 Å². The van der Waals surface area contributed by atoms with E-state index in [1.807, 2.05) is 6.92 Å². The molecule has 1 aromatic carbocycles. The lowest BCUT2D eigenvalue weighted by molar-refractivity contribution is 0.0942. The zero-order chi connectivity index (χ0) is 17.1. The van der Waals surface area contributed by atoms with Gasteiger partial charge in [-0.15, -0.1) is 0 Å². The molecule has 126 valence electrons. The summed E-state index contributed by atoms with van der Waals surface area (Å²) in [6, 6.07) is 10.3. The molecule has 24 heavy (non-hydrogen) atoms. The monoisotopic (exact) mass is 324 g/mol. The molecular formula is C19H24N4O. The molecule has 1 aliphatic heterocycles. The van der Waals surface area contributed by atoms with Gasteiger partial charge in [-0.2, -0.15) is 0 Å². The first kappa shape index (κ1) is 16.4. The first-order valence-electron chi connectivity index (χ1n) is 8.43. The van der Waals surface area contributed by atoms with Gasteiger partial charge in [0.1, 0.15) is 11.5 Å². The molecule has 1 atom stereocenters. The second-order valence-corrected chi connectivity index (χ2v) is 6.59. The van der Waals surface area contributed by atoms with Gasteiger partial charge in [0.15, 0.2) is 0 Å². The summed E-state index contributed by atoms with van der Waals surface area (Å²) in [4.78, 5) is 23.1. The first-order chi connectivity index (χ1) is 11.5. The Morgan fingerprint density at radius 1 is 1.25 bits per heavy atom. The predicted molar refractivity (Wildman–Crippen MR) is 95.3 cm³/mol. The van der Waals surface area contributed by atoms with Gasteiger partial charge < -0.3 is 10.2 Å². The molecule has 2 aromatic rings. The molecule has 0 saturated carbocycles. The quantitative estimate of drug-likeness (QED) is 0.939.